The monoisotopic (exact) mass is 296 g/mol. The number of benzene rings is 1. The van der Waals surface area contributed by atoms with E-state index in [1.807, 2.05) is 6.07 Å². The molecule has 88 valence electrons. The lowest BCUT2D eigenvalue weighted by Gasteiger charge is -2.07. The smallest absolute Gasteiger partial charge is 0.134 e. The van der Waals surface area contributed by atoms with Gasteiger partial charge in [-0.15, -0.1) is 0 Å². The molecular formula is C12H10BrFN2O. The Bertz CT molecular complexity index is 534. The fourth-order valence-electron chi connectivity index (χ4n) is 1.32. The molecule has 0 fully saturated rings. The highest BCUT2D eigenvalue weighted by Crippen LogP contribution is 2.26. The van der Waals surface area contributed by atoms with Crippen LogP contribution in [0.5, 0.6) is 5.75 Å². The molecule has 0 aliphatic rings. The third kappa shape index (κ3) is 3.17. The third-order valence-corrected chi connectivity index (χ3v) is 2.72. The number of nitrogens with two attached hydrogens (primary N) is 1. The van der Waals surface area contributed by atoms with Gasteiger partial charge in [0.25, 0.3) is 0 Å². The lowest BCUT2D eigenvalue weighted by Crippen LogP contribution is -2.00. The van der Waals surface area contributed by atoms with Crippen LogP contribution in [0.2, 0.25) is 0 Å². The van der Waals surface area contributed by atoms with Crippen LogP contribution in [0.15, 0.2) is 40.9 Å². The van der Waals surface area contributed by atoms with E-state index in [4.69, 9.17) is 10.5 Å². The van der Waals surface area contributed by atoms with Crippen molar-refractivity contribution in [1.82, 2.24) is 4.98 Å². The molecule has 0 amide bonds. The van der Waals surface area contributed by atoms with E-state index in [2.05, 4.69) is 20.9 Å². The van der Waals surface area contributed by atoms with E-state index in [1.54, 1.807) is 18.2 Å². The van der Waals surface area contributed by atoms with Crippen LogP contribution in [0, 0.1) is 5.82 Å². The summed E-state index contributed by atoms with van der Waals surface area (Å²) in [6.07, 6.45) is 0. The lowest BCUT2D eigenvalue weighted by atomic mass is 10.3. The molecule has 0 aliphatic carbocycles. The minimum absolute atomic E-state index is 0.287. The molecule has 1 aromatic heterocycles. The summed E-state index contributed by atoms with van der Waals surface area (Å²) in [6.45, 7) is 0.287. The largest absolute Gasteiger partial charge is 0.486 e. The highest BCUT2D eigenvalue weighted by molar-refractivity contribution is 9.10. The molecule has 0 saturated carbocycles. The first kappa shape index (κ1) is 11.9. The first-order valence-corrected chi connectivity index (χ1v) is 5.74. The predicted octanol–water partition coefficient (Wildman–Crippen LogP) is 3.14. The second-order valence-corrected chi connectivity index (χ2v) is 4.27. The average molecular weight is 297 g/mol. The average Bonchev–Trinajstić information content (AvgIpc) is 2.28. The van der Waals surface area contributed by atoms with E-state index < -0.39 is 0 Å². The van der Waals surface area contributed by atoms with Crippen molar-refractivity contribution >= 4 is 21.7 Å². The molecule has 5 heteroatoms. The van der Waals surface area contributed by atoms with Crippen LogP contribution in [0.1, 0.15) is 5.69 Å². The number of anilines is 1. The van der Waals surface area contributed by atoms with Gasteiger partial charge in [0, 0.05) is 0 Å². The molecule has 1 heterocycles. The molecule has 0 saturated heterocycles. The van der Waals surface area contributed by atoms with Gasteiger partial charge in [0.05, 0.1) is 10.2 Å². The Labute approximate surface area is 107 Å². The molecule has 0 unspecified atom stereocenters. The van der Waals surface area contributed by atoms with Crippen molar-refractivity contribution in [1.29, 1.82) is 0 Å². The topological polar surface area (TPSA) is 48.1 Å². The highest BCUT2D eigenvalue weighted by atomic mass is 79.9. The van der Waals surface area contributed by atoms with Crippen molar-refractivity contribution in [3.8, 4) is 5.75 Å². The predicted molar refractivity (Wildman–Crippen MR) is 67.1 cm³/mol. The molecule has 0 radical (unpaired) electrons. The Morgan fingerprint density at radius 3 is 2.82 bits per heavy atom. The zero-order chi connectivity index (χ0) is 12.3. The molecule has 0 bridgehead atoms. The maximum atomic E-state index is 12.8. The lowest BCUT2D eigenvalue weighted by molar-refractivity contribution is 0.299. The number of hydrogen-bond acceptors (Lipinski definition) is 3. The van der Waals surface area contributed by atoms with Crippen molar-refractivity contribution in [2.24, 2.45) is 0 Å². The van der Waals surface area contributed by atoms with Crippen LogP contribution in [0.3, 0.4) is 0 Å². The highest BCUT2D eigenvalue weighted by Gasteiger charge is 2.03. The molecule has 0 atom stereocenters. The van der Waals surface area contributed by atoms with E-state index in [9.17, 15) is 4.39 Å². The summed E-state index contributed by atoms with van der Waals surface area (Å²) >= 11 is 3.23. The zero-order valence-electron chi connectivity index (χ0n) is 8.86. The molecule has 17 heavy (non-hydrogen) atoms. The Morgan fingerprint density at radius 1 is 1.29 bits per heavy atom. The molecule has 2 aromatic rings. The van der Waals surface area contributed by atoms with Crippen molar-refractivity contribution < 1.29 is 9.13 Å². The Balaban J connectivity index is 2.07. The number of nitrogens with zero attached hydrogens (tertiary/aromatic N) is 1. The maximum Gasteiger partial charge on any atom is 0.134 e. The number of rotatable bonds is 3. The fourth-order valence-corrected chi connectivity index (χ4v) is 1.79. The number of halogens is 2. The number of ether oxygens (including phenoxy) is 1. The van der Waals surface area contributed by atoms with Crippen LogP contribution in [-0.2, 0) is 6.61 Å². The summed E-state index contributed by atoms with van der Waals surface area (Å²) in [5, 5.41) is 0. The minimum Gasteiger partial charge on any atom is -0.486 e. The van der Waals surface area contributed by atoms with Gasteiger partial charge in [0.2, 0.25) is 0 Å². The summed E-state index contributed by atoms with van der Waals surface area (Å²) in [5.41, 5.74) is 6.28. The van der Waals surface area contributed by atoms with Gasteiger partial charge in [-0.05, 0) is 46.3 Å². The van der Waals surface area contributed by atoms with E-state index >= 15 is 0 Å². The molecule has 2 N–H and O–H groups in total. The van der Waals surface area contributed by atoms with Crippen LogP contribution in [0.25, 0.3) is 0 Å². The molecular weight excluding hydrogens is 287 g/mol. The molecule has 1 aromatic carbocycles. The van der Waals surface area contributed by atoms with Gasteiger partial charge in [-0.25, -0.2) is 9.37 Å². The third-order valence-electron chi connectivity index (χ3n) is 2.10. The first-order valence-electron chi connectivity index (χ1n) is 4.94. The first-order chi connectivity index (χ1) is 8.15. The Kier molecular flexibility index (Phi) is 3.58. The van der Waals surface area contributed by atoms with E-state index in [0.29, 0.717) is 16.0 Å². The normalized spacial score (nSPS) is 10.2. The van der Waals surface area contributed by atoms with Gasteiger partial charge in [0.1, 0.15) is 24.0 Å². The number of aromatic nitrogens is 1. The van der Waals surface area contributed by atoms with Crippen molar-refractivity contribution in [2.45, 2.75) is 6.61 Å². The van der Waals surface area contributed by atoms with E-state index in [-0.39, 0.29) is 12.4 Å². The van der Waals surface area contributed by atoms with Crippen LogP contribution in [0.4, 0.5) is 10.2 Å². The second-order valence-electron chi connectivity index (χ2n) is 3.42. The number of hydrogen-bond donors (Lipinski definition) is 1. The zero-order valence-corrected chi connectivity index (χ0v) is 10.4. The van der Waals surface area contributed by atoms with Gasteiger partial charge >= 0.3 is 0 Å². The summed E-state index contributed by atoms with van der Waals surface area (Å²) in [5.74, 6) is 0.700. The Hall–Kier alpha value is -1.62. The van der Waals surface area contributed by atoms with E-state index in [0.717, 1.165) is 5.69 Å². The summed E-state index contributed by atoms with van der Waals surface area (Å²) in [6, 6.07) is 9.58. The summed E-state index contributed by atoms with van der Waals surface area (Å²) in [4.78, 5) is 4.10. The Morgan fingerprint density at radius 2 is 2.12 bits per heavy atom. The SMILES string of the molecule is Nc1cccc(COc2ccc(F)cc2Br)n1. The summed E-state index contributed by atoms with van der Waals surface area (Å²) in [7, 11) is 0. The van der Waals surface area contributed by atoms with Gasteiger partial charge < -0.3 is 10.5 Å². The van der Waals surface area contributed by atoms with Crippen LogP contribution in [-0.4, -0.2) is 4.98 Å². The van der Waals surface area contributed by atoms with Crippen molar-refractivity contribution in [2.75, 3.05) is 5.73 Å². The maximum absolute atomic E-state index is 12.8. The quantitative estimate of drug-likeness (QED) is 0.946. The molecule has 0 spiro atoms. The molecule has 2 rings (SSSR count). The van der Waals surface area contributed by atoms with Gasteiger partial charge in [-0.1, -0.05) is 6.07 Å². The molecule has 3 nitrogen and oxygen atoms in total. The van der Waals surface area contributed by atoms with Gasteiger partial charge in [0.15, 0.2) is 0 Å². The van der Waals surface area contributed by atoms with Crippen molar-refractivity contribution in [3.05, 3.63) is 52.4 Å². The van der Waals surface area contributed by atoms with Gasteiger partial charge in [-0.3, -0.25) is 0 Å². The minimum atomic E-state index is -0.314. The van der Waals surface area contributed by atoms with Crippen molar-refractivity contribution in [3.63, 3.8) is 0 Å². The number of pyridine rings is 1. The molecule has 0 aliphatic heterocycles. The van der Waals surface area contributed by atoms with Gasteiger partial charge in [-0.2, -0.15) is 0 Å². The van der Waals surface area contributed by atoms with Crippen LogP contribution >= 0.6 is 15.9 Å². The second kappa shape index (κ2) is 5.14. The fraction of sp³-hybridized carbons (Fsp3) is 0.0833. The van der Waals surface area contributed by atoms with E-state index in [1.165, 1.54) is 12.1 Å². The van der Waals surface area contributed by atoms with Crippen LogP contribution < -0.4 is 10.5 Å². The number of nitrogen functional groups attached to an aromatic ring is 1. The standard InChI is InChI=1S/C12H10BrFN2O/c13-10-6-8(14)4-5-11(10)17-7-9-2-1-3-12(15)16-9/h1-6H,7H2,(H2,15,16). The summed E-state index contributed by atoms with van der Waals surface area (Å²) < 4.78 is 18.9.